The average molecular weight is 258 g/mol. The minimum atomic E-state index is -0.913. The Balaban J connectivity index is 2.49. The van der Waals surface area contributed by atoms with Gasteiger partial charge in [0.15, 0.2) is 6.04 Å². The minimum Gasteiger partial charge on any atom is -0.493 e. The predicted octanol–water partition coefficient (Wildman–Crippen LogP) is 2.31. The van der Waals surface area contributed by atoms with Gasteiger partial charge < -0.3 is 9.47 Å². The molecule has 0 spiro atoms. The third-order valence-electron chi connectivity index (χ3n) is 2.93. The zero-order valence-electron chi connectivity index (χ0n) is 10.8. The zero-order chi connectivity index (χ0) is 13.8. The summed E-state index contributed by atoms with van der Waals surface area (Å²) in [6, 6.07) is 4.64. The van der Waals surface area contributed by atoms with Crippen molar-refractivity contribution in [1.29, 1.82) is 5.26 Å². The molecule has 2 unspecified atom stereocenters. The minimum absolute atomic E-state index is 0.106. The van der Waals surface area contributed by atoms with Crippen LogP contribution in [0, 0.1) is 11.3 Å². The van der Waals surface area contributed by atoms with E-state index >= 15 is 0 Å². The highest BCUT2D eigenvalue weighted by atomic mass is 16.5. The number of benzene rings is 1. The summed E-state index contributed by atoms with van der Waals surface area (Å²) in [4.78, 5) is 13.9. The van der Waals surface area contributed by atoms with E-state index in [9.17, 15) is 4.79 Å². The van der Waals surface area contributed by atoms with Gasteiger partial charge in [0.25, 0.3) is 0 Å². The molecule has 0 N–H and O–H groups in total. The van der Waals surface area contributed by atoms with Crippen LogP contribution >= 0.6 is 0 Å². The summed E-state index contributed by atoms with van der Waals surface area (Å²) in [6.07, 6.45) is 2.33. The maximum absolute atomic E-state index is 10.4. The summed E-state index contributed by atoms with van der Waals surface area (Å²) in [6.45, 7) is 4.32. The van der Waals surface area contributed by atoms with Crippen LogP contribution in [0.3, 0.4) is 0 Å². The molecule has 0 fully saturated rings. The summed E-state index contributed by atoms with van der Waals surface area (Å²) in [5, 5.41) is 9.08. The normalized spacial score (nSPS) is 17.6. The highest BCUT2D eigenvalue weighted by molar-refractivity contribution is 5.52. The van der Waals surface area contributed by atoms with E-state index in [0.29, 0.717) is 17.9 Å². The summed E-state index contributed by atoms with van der Waals surface area (Å²) < 4.78 is 11.2. The Kier molecular flexibility index (Phi) is 3.84. The Morgan fingerprint density at radius 1 is 1.63 bits per heavy atom. The van der Waals surface area contributed by atoms with Crippen LogP contribution in [-0.2, 0) is 11.2 Å². The second-order valence-corrected chi connectivity index (χ2v) is 4.32. The van der Waals surface area contributed by atoms with Crippen LogP contribution in [-0.4, -0.2) is 18.8 Å². The first kappa shape index (κ1) is 13.1. The predicted molar refractivity (Wildman–Crippen MR) is 67.9 cm³/mol. The molecule has 1 aromatic carbocycles. The topological polar surface area (TPSA) is 71.7 Å². The van der Waals surface area contributed by atoms with Gasteiger partial charge in [-0.15, -0.1) is 0 Å². The highest BCUT2D eigenvalue weighted by Gasteiger charge is 2.24. The Morgan fingerprint density at radius 3 is 3.05 bits per heavy atom. The molecule has 0 radical (unpaired) electrons. The molecule has 2 rings (SSSR count). The van der Waals surface area contributed by atoms with Gasteiger partial charge in [-0.05, 0) is 26.0 Å². The number of ether oxygens (including phenoxy) is 2. The maximum Gasteiger partial charge on any atom is 0.236 e. The third-order valence-corrected chi connectivity index (χ3v) is 2.93. The number of nitriles is 1. The van der Waals surface area contributed by atoms with Crippen molar-refractivity contribution in [2.45, 2.75) is 32.4 Å². The molecular weight excluding hydrogens is 244 g/mol. The van der Waals surface area contributed by atoms with Gasteiger partial charge in [-0.25, -0.2) is 4.79 Å². The Bertz CT molecular complexity index is 571. The average Bonchev–Trinajstić information content (AvgIpc) is 2.75. The van der Waals surface area contributed by atoms with Crippen molar-refractivity contribution in [1.82, 2.24) is 0 Å². The Morgan fingerprint density at radius 2 is 2.42 bits per heavy atom. The SMILES string of the molecule is CCOc1cc2c(cc1C(C#N)N=C=O)OC(C)C2. The zero-order valence-corrected chi connectivity index (χ0v) is 10.8. The molecular formula is C14H14N2O3. The molecule has 5 nitrogen and oxygen atoms in total. The van der Waals surface area contributed by atoms with Gasteiger partial charge in [0, 0.05) is 17.5 Å². The molecule has 1 aliphatic heterocycles. The fourth-order valence-corrected chi connectivity index (χ4v) is 2.17. The number of hydrogen-bond donors (Lipinski definition) is 0. The van der Waals surface area contributed by atoms with Crippen molar-refractivity contribution in [3.8, 4) is 17.6 Å². The molecule has 0 aromatic heterocycles. The van der Waals surface area contributed by atoms with E-state index < -0.39 is 6.04 Å². The lowest BCUT2D eigenvalue weighted by Gasteiger charge is -2.13. The van der Waals surface area contributed by atoms with E-state index in [0.717, 1.165) is 17.7 Å². The Hall–Kier alpha value is -2.31. The van der Waals surface area contributed by atoms with Gasteiger partial charge in [0.05, 0.1) is 12.7 Å². The molecule has 1 aromatic rings. The van der Waals surface area contributed by atoms with E-state index in [-0.39, 0.29) is 6.10 Å². The van der Waals surface area contributed by atoms with Crippen molar-refractivity contribution in [3.05, 3.63) is 23.3 Å². The van der Waals surface area contributed by atoms with Gasteiger partial charge in [-0.2, -0.15) is 10.3 Å². The van der Waals surface area contributed by atoms with Crippen molar-refractivity contribution in [2.24, 2.45) is 4.99 Å². The van der Waals surface area contributed by atoms with Crippen LogP contribution in [0.2, 0.25) is 0 Å². The Labute approximate surface area is 111 Å². The summed E-state index contributed by atoms with van der Waals surface area (Å²) in [7, 11) is 0. The molecule has 98 valence electrons. The molecule has 0 bridgehead atoms. The standard InChI is InChI=1S/C14H14N2O3/c1-3-18-14-5-10-4-9(2)19-13(10)6-11(14)12(7-15)16-8-17/h5-6,9,12H,3-4H2,1-2H3. The van der Waals surface area contributed by atoms with Crippen LogP contribution in [0.15, 0.2) is 17.1 Å². The number of carbonyl (C=O) groups excluding carboxylic acids is 1. The molecule has 0 aliphatic carbocycles. The lowest BCUT2D eigenvalue weighted by molar-refractivity contribution is 0.254. The second kappa shape index (κ2) is 5.55. The smallest absolute Gasteiger partial charge is 0.236 e. The van der Waals surface area contributed by atoms with Gasteiger partial charge in [0.2, 0.25) is 6.08 Å². The molecule has 0 amide bonds. The van der Waals surface area contributed by atoms with E-state index in [1.54, 1.807) is 6.07 Å². The fourth-order valence-electron chi connectivity index (χ4n) is 2.17. The number of rotatable bonds is 4. The highest BCUT2D eigenvalue weighted by Crippen LogP contribution is 2.38. The van der Waals surface area contributed by atoms with Crippen molar-refractivity contribution in [3.63, 3.8) is 0 Å². The fraction of sp³-hybridized carbons (Fsp3) is 0.429. The van der Waals surface area contributed by atoms with Crippen LogP contribution in [0.25, 0.3) is 0 Å². The van der Waals surface area contributed by atoms with Gasteiger partial charge >= 0.3 is 0 Å². The van der Waals surface area contributed by atoms with Crippen LogP contribution in [0.5, 0.6) is 11.5 Å². The van der Waals surface area contributed by atoms with Crippen molar-refractivity contribution < 1.29 is 14.3 Å². The van der Waals surface area contributed by atoms with Crippen molar-refractivity contribution in [2.75, 3.05) is 6.61 Å². The van der Waals surface area contributed by atoms with Crippen LogP contribution in [0.1, 0.15) is 31.0 Å². The molecule has 0 saturated carbocycles. The largest absolute Gasteiger partial charge is 0.493 e. The number of isocyanates is 1. The first-order valence-corrected chi connectivity index (χ1v) is 6.12. The van der Waals surface area contributed by atoms with Crippen molar-refractivity contribution >= 4 is 6.08 Å². The summed E-state index contributed by atoms with van der Waals surface area (Å²) >= 11 is 0. The number of aliphatic imine (C=N–C) groups is 1. The first-order valence-electron chi connectivity index (χ1n) is 6.12. The van der Waals surface area contributed by atoms with E-state index in [1.807, 2.05) is 26.0 Å². The maximum atomic E-state index is 10.4. The summed E-state index contributed by atoms with van der Waals surface area (Å²) in [5.41, 5.74) is 1.59. The molecule has 0 saturated heterocycles. The molecule has 5 heteroatoms. The van der Waals surface area contributed by atoms with E-state index in [1.165, 1.54) is 6.08 Å². The van der Waals surface area contributed by atoms with Crippen LogP contribution < -0.4 is 9.47 Å². The number of hydrogen-bond acceptors (Lipinski definition) is 5. The third kappa shape index (κ3) is 2.59. The number of nitrogens with zero attached hydrogens (tertiary/aromatic N) is 2. The molecule has 1 aliphatic rings. The monoisotopic (exact) mass is 258 g/mol. The molecule has 19 heavy (non-hydrogen) atoms. The molecule has 1 heterocycles. The van der Waals surface area contributed by atoms with Gasteiger partial charge in [0.1, 0.15) is 17.6 Å². The first-order chi connectivity index (χ1) is 9.19. The lowest BCUT2D eigenvalue weighted by atomic mass is 10.0. The second-order valence-electron chi connectivity index (χ2n) is 4.32. The quantitative estimate of drug-likeness (QED) is 0.613. The van der Waals surface area contributed by atoms with Crippen LogP contribution in [0.4, 0.5) is 0 Å². The van der Waals surface area contributed by atoms with E-state index in [4.69, 9.17) is 14.7 Å². The van der Waals surface area contributed by atoms with Gasteiger partial charge in [-0.1, -0.05) is 0 Å². The number of fused-ring (bicyclic) bond motifs is 1. The summed E-state index contributed by atoms with van der Waals surface area (Å²) in [5.74, 6) is 1.30. The molecule has 2 atom stereocenters. The lowest BCUT2D eigenvalue weighted by Crippen LogP contribution is -2.05. The van der Waals surface area contributed by atoms with E-state index in [2.05, 4.69) is 4.99 Å². The van der Waals surface area contributed by atoms with Gasteiger partial charge in [-0.3, -0.25) is 0 Å².